The molecule has 0 saturated carbocycles. The minimum atomic E-state index is -0.822. The van der Waals surface area contributed by atoms with E-state index in [4.69, 9.17) is 14.2 Å². The molecule has 0 aliphatic rings. The monoisotopic (exact) mass is 957 g/mol. The van der Waals surface area contributed by atoms with Gasteiger partial charge in [-0.3, -0.25) is 14.4 Å². The van der Waals surface area contributed by atoms with E-state index in [-0.39, 0.29) is 44.0 Å². The number of carbonyl (C=O) groups excluding carboxylic acids is 3. The molecule has 0 radical (unpaired) electrons. The number of esters is 3. The van der Waals surface area contributed by atoms with E-state index < -0.39 is 6.10 Å². The van der Waals surface area contributed by atoms with Crippen molar-refractivity contribution in [3.63, 3.8) is 0 Å². The molecule has 0 aliphatic carbocycles. The highest BCUT2D eigenvalue weighted by Crippen LogP contribution is 2.15. The van der Waals surface area contributed by atoms with Crippen LogP contribution in [0.1, 0.15) is 252 Å². The van der Waals surface area contributed by atoms with Gasteiger partial charge in [-0.1, -0.05) is 246 Å². The van der Waals surface area contributed by atoms with E-state index in [1.54, 1.807) is 0 Å². The van der Waals surface area contributed by atoms with E-state index in [1.807, 2.05) is 6.08 Å². The van der Waals surface area contributed by atoms with Gasteiger partial charge in [-0.05, 0) is 96.3 Å². The molecular formula is C63H104O6. The first kappa shape index (κ1) is 65.1. The van der Waals surface area contributed by atoms with Crippen LogP contribution in [0.25, 0.3) is 0 Å². The smallest absolute Gasteiger partial charge is 0.306 e. The molecule has 69 heavy (non-hydrogen) atoms. The predicted molar refractivity (Wildman–Crippen MR) is 297 cm³/mol. The highest BCUT2D eigenvalue weighted by Gasteiger charge is 2.19. The van der Waals surface area contributed by atoms with E-state index in [9.17, 15) is 14.4 Å². The van der Waals surface area contributed by atoms with Gasteiger partial charge in [-0.25, -0.2) is 0 Å². The zero-order chi connectivity index (χ0) is 50.0. The predicted octanol–water partition coefficient (Wildman–Crippen LogP) is 19.1. The third-order valence-electron chi connectivity index (χ3n) is 11.8. The van der Waals surface area contributed by atoms with Crippen molar-refractivity contribution < 1.29 is 28.6 Å². The van der Waals surface area contributed by atoms with E-state index in [1.165, 1.54) is 103 Å². The summed E-state index contributed by atoms with van der Waals surface area (Å²) in [7, 11) is 0. The van der Waals surface area contributed by atoms with Gasteiger partial charge in [0.25, 0.3) is 0 Å². The van der Waals surface area contributed by atoms with E-state index >= 15 is 0 Å². The number of hydrogen-bond donors (Lipinski definition) is 0. The van der Waals surface area contributed by atoms with Gasteiger partial charge in [-0.15, -0.1) is 0 Å². The summed E-state index contributed by atoms with van der Waals surface area (Å²) in [5.41, 5.74) is 0. The molecule has 0 spiro atoms. The van der Waals surface area contributed by atoms with E-state index in [2.05, 4.69) is 124 Å². The molecule has 392 valence electrons. The Hall–Kier alpha value is -3.93. The van der Waals surface area contributed by atoms with Gasteiger partial charge in [-0.2, -0.15) is 0 Å². The van der Waals surface area contributed by atoms with Gasteiger partial charge < -0.3 is 14.2 Å². The molecule has 0 aromatic carbocycles. The Kier molecular flexibility index (Phi) is 53.4. The molecule has 0 saturated heterocycles. The highest BCUT2D eigenvalue weighted by atomic mass is 16.6. The molecule has 0 aliphatic heterocycles. The molecule has 0 unspecified atom stereocenters. The van der Waals surface area contributed by atoms with Gasteiger partial charge in [0.05, 0.1) is 0 Å². The van der Waals surface area contributed by atoms with Crippen LogP contribution in [0.4, 0.5) is 0 Å². The molecule has 0 bridgehead atoms. The Morgan fingerprint density at radius 2 is 0.594 bits per heavy atom. The average Bonchev–Trinajstić information content (AvgIpc) is 3.35. The van der Waals surface area contributed by atoms with Crippen LogP contribution in [0.3, 0.4) is 0 Å². The fraction of sp³-hybridized carbons (Fsp3) is 0.667. The Morgan fingerprint density at radius 3 is 1.00 bits per heavy atom. The Labute approximate surface area is 425 Å². The number of allylic oxidation sites excluding steroid dienone is 18. The first-order chi connectivity index (χ1) is 34.0. The molecule has 0 N–H and O–H groups in total. The summed E-state index contributed by atoms with van der Waals surface area (Å²) in [5.74, 6) is -1.02. The number of ether oxygens (including phenoxy) is 3. The van der Waals surface area contributed by atoms with Crippen molar-refractivity contribution in [1.82, 2.24) is 0 Å². The first-order valence-electron chi connectivity index (χ1n) is 28.4. The maximum Gasteiger partial charge on any atom is 0.306 e. The fourth-order valence-corrected chi connectivity index (χ4v) is 7.53. The molecule has 0 amide bonds. The molecule has 6 nitrogen and oxygen atoms in total. The lowest BCUT2D eigenvalue weighted by atomic mass is 10.0. The Bertz CT molecular complexity index is 1420. The standard InChI is InChI=1S/C63H104O6/c1-4-7-10-13-16-19-22-25-28-30-31-33-35-38-41-44-47-50-53-56-62(65)68-59-60(58-67-61(64)55-52-49-46-43-40-37-34-27-24-21-18-15-12-9-6-3)69-63(66)57-54-51-48-45-42-39-36-32-29-26-23-20-17-14-11-8-5-2/h8,11,16-17,19-20,25-26,28-29,31,33,36,38-39,41,47,50,60H,4-7,9-10,12-15,18,21-24,27,30,32,34-35,37,40,42-46,48-49,51-59H2,1-3H3/b11-8-,19-16-,20-17-,28-25-,29-26-,33-31-,39-36-,41-38-,50-47-/t60-/m0/s1. The summed E-state index contributed by atoms with van der Waals surface area (Å²) in [6, 6.07) is 0. The molecule has 0 rings (SSSR count). The summed E-state index contributed by atoms with van der Waals surface area (Å²) >= 11 is 0. The van der Waals surface area contributed by atoms with Crippen LogP contribution < -0.4 is 0 Å². The summed E-state index contributed by atoms with van der Waals surface area (Å²) in [6.07, 6.45) is 76.6. The Balaban J connectivity index is 4.54. The zero-order valence-electron chi connectivity index (χ0n) is 44.8. The molecule has 0 aromatic rings. The minimum absolute atomic E-state index is 0.111. The van der Waals surface area contributed by atoms with Crippen LogP contribution in [-0.4, -0.2) is 37.2 Å². The van der Waals surface area contributed by atoms with E-state index in [0.717, 1.165) is 103 Å². The van der Waals surface area contributed by atoms with Crippen molar-refractivity contribution >= 4 is 17.9 Å². The third kappa shape index (κ3) is 54.9. The lowest BCUT2D eigenvalue weighted by Crippen LogP contribution is -2.30. The molecule has 0 aromatic heterocycles. The minimum Gasteiger partial charge on any atom is -0.462 e. The second-order valence-electron chi connectivity index (χ2n) is 18.5. The SMILES string of the molecule is CC/C=C\C/C=C\C/C=C\C/C=C\CCCCCCC(=O)O[C@H](COC(=O)CC/C=C\C/C=C\C/C=C\C/C=C\C/C=C\CCCCC)COC(=O)CCCCCCCCCCCCCCCCC. The molecule has 0 fully saturated rings. The number of hydrogen-bond acceptors (Lipinski definition) is 6. The topological polar surface area (TPSA) is 78.9 Å². The van der Waals surface area contributed by atoms with Crippen molar-refractivity contribution in [2.45, 2.75) is 258 Å². The van der Waals surface area contributed by atoms with Gasteiger partial charge in [0, 0.05) is 19.3 Å². The van der Waals surface area contributed by atoms with Crippen molar-refractivity contribution in [1.29, 1.82) is 0 Å². The van der Waals surface area contributed by atoms with Gasteiger partial charge >= 0.3 is 17.9 Å². The van der Waals surface area contributed by atoms with Gasteiger partial charge in [0.1, 0.15) is 13.2 Å². The van der Waals surface area contributed by atoms with Crippen LogP contribution in [0, 0.1) is 0 Å². The molecule has 6 heteroatoms. The van der Waals surface area contributed by atoms with Gasteiger partial charge in [0.15, 0.2) is 6.10 Å². The van der Waals surface area contributed by atoms with Crippen molar-refractivity contribution in [2.75, 3.05) is 13.2 Å². The summed E-state index contributed by atoms with van der Waals surface area (Å²) in [6.45, 7) is 6.42. The second-order valence-corrected chi connectivity index (χ2v) is 18.5. The van der Waals surface area contributed by atoms with Crippen molar-refractivity contribution in [3.8, 4) is 0 Å². The number of unbranched alkanes of at least 4 members (excludes halogenated alkanes) is 21. The first-order valence-corrected chi connectivity index (χ1v) is 28.4. The second kappa shape index (κ2) is 56.7. The largest absolute Gasteiger partial charge is 0.462 e. The Morgan fingerprint density at radius 1 is 0.304 bits per heavy atom. The summed E-state index contributed by atoms with van der Waals surface area (Å²) in [4.78, 5) is 38.1. The third-order valence-corrected chi connectivity index (χ3v) is 11.8. The maximum absolute atomic E-state index is 12.8. The lowest BCUT2D eigenvalue weighted by molar-refractivity contribution is -0.166. The highest BCUT2D eigenvalue weighted by molar-refractivity contribution is 5.71. The van der Waals surface area contributed by atoms with Crippen LogP contribution in [-0.2, 0) is 28.6 Å². The van der Waals surface area contributed by atoms with Crippen molar-refractivity contribution in [3.05, 3.63) is 109 Å². The summed E-state index contributed by atoms with van der Waals surface area (Å²) < 4.78 is 16.8. The molecule has 0 heterocycles. The number of rotatable bonds is 50. The number of carbonyl (C=O) groups is 3. The van der Waals surface area contributed by atoms with Crippen LogP contribution in [0.2, 0.25) is 0 Å². The van der Waals surface area contributed by atoms with Crippen LogP contribution in [0.15, 0.2) is 109 Å². The van der Waals surface area contributed by atoms with Crippen LogP contribution >= 0.6 is 0 Å². The fourth-order valence-electron chi connectivity index (χ4n) is 7.53. The molecule has 1 atom stereocenters. The quantitative estimate of drug-likeness (QED) is 0.0262. The normalized spacial score (nSPS) is 12.9. The van der Waals surface area contributed by atoms with E-state index in [0.29, 0.717) is 12.8 Å². The summed E-state index contributed by atoms with van der Waals surface area (Å²) in [5, 5.41) is 0. The maximum atomic E-state index is 12.8. The molecular weight excluding hydrogens is 853 g/mol. The average molecular weight is 958 g/mol. The van der Waals surface area contributed by atoms with Crippen molar-refractivity contribution in [2.24, 2.45) is 0 Å². The lowest BCUT2D eigenvalue weighted by Gasteiger charge is -2.18. The zero-order valence-corrected chi connectivity index (χ0v) is 44.8. The van der Waals surface area contributed by atoms with Crippen LogP contribution in [0.5, 0.6) is 0 Å². The van der Waals surface area contributed by atoms with Gasteiger partial charge in [0.2, 0.25) is 0 Å².